The first-order valence-electron chi connectivity index (χ1n) is 9.73. The molecule has 1 aromatic heterocycles. The SMILES string of the molecule is Cc1ccsc1/C(=C\CCN1CCC[C@H](C(=O)O)C1)c1c(C)cccc1C.Cl. The molecule has 0 amide bonds. The van der Waals surface area contributed by atoms with Gasteiger partial charge in [-0.1, -0.05) is 24.3 Å². The van der Waals surface area contributed by atoms with Crippen molar-refractivity contribution in [2.75, 3.05) is 19.6 Å². The van der Waals surface area contributed by atoms with Crippen LogP contribution in [0.1, 0.15) is 46.4 Å². The highest BCUT2D eigenvalue weighted by molar-refractivity contribution is 7.11. The molecule has 2 heterocycles. The normalized spacial score (nSPS) is 18.0. The number of thiophene rings is 1. The monoisotopic (exact) mass is 419 g/mol. The number of nitrogens with zero attached hydrogens (tertiary/aromatic N) is 1. The average Bonchev–Trinajstić information content (AvgIpc) is 3.06. The highest BCUT2D eigenvalue weighted by Crippen LogP contribution is 2.34. The van der Waals surface area contributed by atoms with Gasteiger partial charge in [-0.05, 0) is 85.9 Å². The minimum absolute atomic E-state index is 0. The van der Waals surface area contributed by atoms with Gasteiger partial charge in [0.15, 0.2) is 0 Å². The Morgan fingerprint density at radius 3 is 2.54 bits per heavy atom. The number of carboxylic acid groups (broad SMARTS) is 1. The van der Waals surface area contributed by atoms with Crippen LogP contribution in [0.4, 0.5) is 0 Å². The lowest BCUT2D eigenvalue weighted by Gasteiger charge is -2.30. The second kappa shape index (κ2) is 10.2. The van der Waals surface area contributed by atoms with Crippen molar-refractivity contribution >= 4 is 35.3 Å². The molecule has 152 valence electrons. The smallest absolute Gasteiger partial charge is 0.307 e. The molecule has 1 aromatic carbocycles. The van der Waals surface area contributed by atoms with Crippen molar-refractivity contribution in [2.24, 2.45) is 5.92 Å². The molecule has 3 rings (SSSR count). The number of aliphatic carboxylic acids is 1. The van der Waals surface area contributed by atoms with Crippen LogP contribution in [0, 0.1) is 26.7 Å². The van der Waals surface area contributed by atoms with E-state index in [0.717, 1.165) is 32.4 Å². The topological polar surface area (TPSA) is 40.5 Å². The predicted octanol–water partition coefficient (Wildman–Crippen LogP) is 5.71. The summed E-state index contributed by atoms with van der Waals surface area (Å²) in [6.45, 7) is 9.15. The molecule has 1 saturated heterocycles. The van der Waals surface area contributed by atoms with Gasteiger partial charge >= 0.3 is 5.97 Å². The largest absolute Gasteiger partial charge is 0.481 e. The number of carbonyl (C=O) groups is 1. The van der Waals surface area contributed by atoms with Gasteiger partial charge in [0.1, 0.15) is 0 Å². The highest BCUT2D eigenvalue weighted by Gasteiger charge is 2.24. The van der Waals surface area contributed by atoms with Crippen LogP contribution in [0.25, 0.3) is 5.57 Å². The Bertz CT molecular complexity index is 823. The number of aryl methyl sites for hydroxylation is 3. The van der Waals surface area contributed by atoms with E-state index in [1.54, 1.807) is 11.3 Å². The van der Waals surface area contributed by atoms with Crippen molar-refractivity contribution in [1.82, 2.24) is 4.90 Å². The summed E-state index contributed by atoms with van der Waals surface area (Å²) in [7, 11) is 0. The van der Waals surface area contributed by atoms with E-state index >= 15 is 0 Å². The van der Waals surface area contributed by atoms with E-state index in [1.807, 2.05) is 0 Å². The molecule has 1 N–H and O–H groups in total. The highest BCUT2D eigenvalue weighted by atomic mass is 35.5. The summed E-state index contributed by atoms with van der Waals surface area (Å²) in [5.41, 5.74) is 6.59. The molecular formula is C23H30ClNO2S. The Morgan fingerprint density at radius 2 is 1.93 bits per heavy atom. The molecule has 0 aliphatic carbocycles. The first kappa shape index (κ1) is 22.7. The fourth-order valence-corrected chi connectivity index (χ4v) is 5.02. The molecule has 0 unspecified atom stereocenters. The molecule has 0 radical (unpaired) electrons. The number of carboxylic acids is 1. The van der Waals surface area contributed by atoms with Crippen LogP contribution in [-0.2, 0) is 4.79 Å². The summed E-state index contributed by atoms with van der Waals surface area (Å²) in [4.78, 5) is 14.9. The Balaban J connectivity index is 0.00000280. The predicted molar refractivity (Wildman–Crippen MR) is 121 cm³/mol. The number of likely N-dealkylation sites (tertiary alicyclic amines) is 1. The molecule has 1 aliphatic rings. The number of halogens is 1. The lowest BCUT2D eigenvalue weighted by atomic mass is 9.92. The lowest BCUT2D eigenvalue weighted by Crippen LogP contribution is -2.39. The van der Waals surface area contributed by atoms with E-state index in [-0.39, 0.29) is 18.3 Å². The fourth-order valence-electron chi connectivity index (χ4n) is 4.05. The quantitative estimate of drug-likeness (QED) is 0.651. The van der Waals surface area contributed by atoms with Gasteiger partial charge < -0.3 is 10.0 Å². The van der Waals surface area contributed by atoms with Crippen molar-refractivity contribution < 1.29 is 9.90 Å². The Hall–Kier alpha value is -1.62. The average molecular weight is 420 g/mol. The van der Waals surface area contributed by atoms with Crippen molar-refractivity contribution in [2.45, 2.75) is 40.0 Å². The molecule has 1 atom stereocenters. The van der Waals surface area contributed by atoms with Crippen LogP contribution in [0.15, 0.2) is 35.7 Å². The van der Waals surface area contributed by atoms with Crippen LogP contribution in [0.2, 0.25) is 0 Å². The maximum absolute atomic E-state index is 11.3. The third-order valence-corrected chi connectivity index (χ3v) is 6.56. The van der Waals surface area contributed by atoms with E-state index in [0.29, 0.717) is 6.54 Å². The first-order valence-corrected chi connectivity index (χ1v) is 10.6. The molecule has 3 nitrogen and oxygen atoms in total. The summed E-state index contributed by atoms with van der Waals surface area (Å²) in [5.74, 6) is -0.860. The van der Waals surface area contributed by atoms with Gasteiger partial charge in [-0.3, -0.25) is 4.79 Å². The van der Waals surface area contributed by atoms with Gasteiger partial charge in [-0.15, -0.1) is 23.7 Å². The summed E-state index contributed by atoms with van der Waals surface area (Å²) in [6.07, 6.45) is 5.09. The molecule has 2 aromatic rings. The molecule has 0 spiro atoms. The van der Waals surface area contributed by atoms with Gasteiger partial charge in [0.25, 0.3) is 0 Å². The molecule has 0 saturated carbocycles. The number of hydrogen-bond acceptors (Lipinski definition) is 3. The summed E-state index contributed by atoms with van der Waals surface area (Å²) in [5, 5.41) is 11.5. The zero-order chi connectivity index (χ0) is 19.4. The van der Waals surface area contributed by atoms with E-state index in [9.17, 15) is 9.90 Å². The van der Waals surface area contributed by atoms with Crippen LogP contribution >= 0.6 is 23.7 Å². The van der Waals surface area contributed by atoms with E-state index in [2.05, 4.69) is 61.4 Å². The second-order valence-corrected chi connectivity index (χ2v) is 8.50. The number of benzene rings is 1. The summed E-state index contributed by atoms with van der Waals surface area (Å²) < 4.78 is 0. The molecule has 1 fully saturated rings. The Morgan fingerprint density at radius 1 is 1.21 bits per heavy atom. The minimum atomic E-state index is -0.652. The van der Waals surface area contributed by atoms with E-state index in [1.165, 1.54) is 32.7 Å². The molecule has 5 heteroatoms. The van der Waals surface area contributed by atoms with Crippen molar-refractivity contribution in [3.63, 3.8) is 0 Å². The van der Waals surface area contributed by atoms with Crippen LogP contribution in [0.5, 0.6) is 0 Å². The van der Waals surface area contributed by atoms with Crippen LogP contribution < -0.4 is 0 Å². The lowest BCUT2D eigenvalue weighted by molar-refractivity contribution is -0.143. The number of rotatable bonds is 6. The third-order valence-electron chi connectivity index (χ3n) is 5.51. The van der Waals surface area contributed by atoms with Crippen molar-refractivity contribution in [1.29, 1.82) is 0 Å². The van der Waals surface area contributed by atoms with Gasteiger partial charge in [-0.25, -0.2) is 0 Å². The Labute approximate surface area is 178 Å². The molecule has 1 aliphatic heterocycles. The van der Waals surface area contributed by atoms with Gasteiger partial charge in [-0.2, -0.15) is 0 Å². The fraction of sp³-hybridized carbons (Fsp3) is 0.435. The number of piperidine rings is 1. The molecule has 0 bridgehead atoms. The zero-order valence-corrected chi connectivity index (χ0v) is 18.5. The first-order chi connectivity index (χ1) is 13.0. The van der Waals surface area contributed by atoms with Crippen molar-refractivity contribution in [3.8, 4) is 0 Å². The zero-order valence-electron chi connectivity index (χ0n) is 16.9. The maximum atomic E-state index is 11.3. The van der Waals surface area contributed by atoms with Gasteiger partial charge in [0, 0.05) is 18.0 Å². The van der Waals surface area contributed by atoms with Crippen molar-refractivity contribution in [3.05, 3.63) is 62.9 Å². The number of hydrogen-bond donors (Lipinski definition) is 1. The van der Waals surface area contributed by atoms with Gasteiger partial charge in [0.2, 0.25) is 0 Å². The third kappa shape index (κ3) is 5.25. The van der Waals surface area contributed by atoms with Crippen LogP contribution in [-0.4, -0.2) is 35.6 Å². The second-order valence-electron chi connectivity index (χ2n) is 7.58. The maximum Gasteiger partial charge on any atom is 0.307 e. The molecular weight excluding hydrogens is 390 g/mol. The summed E-state index contributed by atoms with van der Waals surface area (Å²) >= 11 is 1.80. The Kier molecular flexibility index (Phi) is 8.29. The van der Waals surface area contributed by atoms with E-state index < -0.39 is 5.97 Å². The standard InChI is InChI=1S/C23H29NO2S.ClH/c1-16-7-4-8-17(2)21(16)20(22-18(3)11-14-27-22)10-6-13-24-12-5-9-19(15-24)23(25)26;/h4,7-8,10-11,14,19H,5-6,9,12-13,15H2,1-3H3,(H,25,26);1H/b20-10-;/t19-;/m0./s1. The minimum Gasteiger partial charge on any atom is -0.481 e. The van der Waals surface area contributed by atoms with E-state index in [4.69, 9.17) is 0 Å². The molecule has 28 heavy (non-hydrogen) atoms. The van der Waals surface area contributed by atoms with Gasteiger partial charge in [0.05, 0.1) is 5.92 Å². The summed E-state index contributed by atoms with van der Waals surface area (Å²) in [6, 6.07) is 8.67. The van der Waals surface area contributed by atoms with Crippen LogP contribution in [0.3, 0.4) is 0 Å².